The standard InChI is InChI=1S/C11H14FNOS/c1-14-11-6-8(12)2-3-10(11)13-9-4-5-15-7-9/h2-3,6,9,13H,4-5,7H2,1H3. The summed E-state index contributed by atoms with van der Waals surface area (Å²) >= 11 is 1.94. The van der Waals surface area contributed by atoms with Gasteiger partial charge in [0.2, 0.25) is 0 Å². The zero-order valence-electron chi connectivity index (χ0n) is 8.63. The van der Waals surface area contributed by atoms with Gasteiger partial charge in [-0.15, -0.1) is 0 Å². The molecule has 0 spiro atoms. The zero-order valence-corrected chi connectivity index (χ0v) is 9.44. The Morgan fingerprint density at radius 3 is 3.07 bits per heavy atom. The van der Waals surface area contributed by atoms with Crippen LogP contribution in [0.15, 0.2) is 18.2 Å². The smallest absolute Gasteiger partial charge is 0.144 e. The summed E-state index contributed by atoms with van der Waals surface area (Å²) in [5.41, 5.74) is 0.881. The molecule has 1 fully saturated rings. The van der Waals surface area contributed by atoms with E-state index in [0.717, 1.165) is 17.9 Å². The maximum atomic E-state index is 12.9. The second-order valence-electron chi connectivity index (χ2n) is 3.55. The van der Waals surface area contributed by atoms with Gasteiger partial charge < -0.3 is 10.1 Å². The van der Waals surface area contributed by atoms with E-state index in [4.69, 9.17) is 4.74 Å². The molecule has 1 heterocycles. The van der Waals surface area contributed by atoms with Crippen molar-refractivity contribution in [3.05, 3.63) is 24.0 Å². The lowest BCUT2D eigenvalue weighted by atomic mass is 10.2. The van der Waals surface area contributed by atoms with E-state index in [2.05, 4.69) is 5.32 Å². The average Bonchev–Trinajstić information content (AvgIpc) is 2.73. The van der Waals surface area contributed by atoms with E-state index in [9.17, 15) is 4.39 Å². The number of ether oxygens (including phenoxy) is 1. The molecule has 1 saturated heterocycles. The number of nitrogens with one attached hydrogen (secondary N) is 1. The fourth-order valence-electron chi connectivity index (χ4n) is 1.65. The predicted molar refractivity (Wildman–Crippen MR) is 62.3 cm³/mol. The minimum absolute atomic E-state index is 0.266. The first-order chi connectivity index (χ1) is 7.29. The summed E-state index contributed by atoms with van der Waals surface area (Å²) in [5.74, 6) is 2.62. The Labute approximate surface area is 93.2 Å². The minimum Gasteiger partial charge on any atom is -0.494 e. The Kier molecular flexibility index (Phi) is 3.36. The van der Waals surface area contributed by atoms with E-state index >= 15 is 0 Å². The number of thioether (sulfide) groups is 1. The first-order valence-electron chi connectivity index (χ1n) is 4.97. The van der Waals surface area contributed by atoms with Gasteiger partial charge in [0.15, 0.2) is 0 Å². The molecule has 1 unspecified atom stereocenters. The highest BCUT2D eigenvalue weighted by Crippen LogP contribution is 2.28. The Hall–Kier alpha value is -0.900. The average molecular weight is 227 g/mol. The highest BCUT2D eigenvalue weighted by molar-refractivity contribution is 7.99. The Balaban J connectivity index is 2.12. The maximum Gasteiger partial charge on any atom is 0.144 e. The van der Waals surface area contributed by atoms with Crippen LogP contribution in [0.25, 0.3) is 0 Å². The molecule has 1 aromatic rings. The first kappa shape index (κ1) is 10.6. The molecule has 1 aliphatic heterocycles. The minimum atomic E-state index is -0.266. The van der Waals surface area contributed by atoms with E-state index in [-0.39, 0.29) is 5.82 Å². The van der Waals surface area contributed by atoms with E-state index in [1.807, 2.05) is 11.8 Å². The third-order valence-electron chi connectivity index (χ3n) is 2.45. The van der Waals surface area contributed by atoms with Gasteiger partial charge in [0.25, 0.3) is 0 Å². The second kappa shape index (κ2) is 4.75. The number of rotatable bonds is 3. The van der Waals surface area contributed by atoms with Crippen LogP contribution >= 0.6 is 11.8 Å². The van der Waals surface area contributed by atoms with Crippen molar-refractivity contribution in [3.8, 4) is 5.75 Å². The van der Waals surface area contributed by atoms with Gasteiger partial charge in [0, 0.05) is 17.9 Å². The molecular weight excluding hydrogens is 213 g/mol. The molecule has 0 aromatic heterocycles. The van der Waals surface area contributed by atoms with E-state index in [0.29, 0.717) is 11.8 Å². The number of halogens is 1. The van der Waals surface area contributed by atoms with Gasteiger partial charge in [0.05, 0.1) is 12.8 Å². The molecule has 0 aliphatic carbocycles. The van der Waals surface area contributed by atoms with Crippen LogP contribution in [0.4, 0.5) is 10.1 Å². The van der Waals surface area contributed by atoms with Gasteiger partial charge in [-0.05, 0) is 24.3 Å². The maximum absolute atomic E-state index is 12.9. The van der Waals surface area contributed by atoms with Crippen LogP contribution in [-0.4, -0.2) is 24.7 Å². The van der Waals surface area contributed by atoms with Gasteiger partial charge >= 0.3 is 0 Å². The molecule has 1 N–H and O–H groups in total. The van der Waals surface area contributed by atoms with Crippen LogP contribution in [0.2, 0.25) is 0 Å². The monoisotopic (exact) mass is 227 g/mol. The van der Waals surface area contributed by atoms with Crippen molar-refractivity contribution in [2.75, 3.05) is 23.9 Å². The molecule has 1 aliphatic rings. The summed E-state index contributed by atoms with van der Waals surface area (Å²) in [6, 6.07) is 5.07. The first-order valence-corrected chi connectivity index (χ1v) is 6.13. The summed E-state index contributed by atoms with van der Waals surface area (Å²) in [5, 5.41) is 3.38. The lowest BCUT2D eigenvalue weighted by Crippen LogP contribution is -2.18. The van der Waals surface area contributed by atoms with Crippen molar-refractivity contribution in [1.29, 1.82) is 0 Å². The number of methoxy groups -OCH3 is 1. The molecule has 2 nitrogen and oxygen atoms in total. The molecule has 1 atom stereocenters. The van der Waals surface area contributed by atoms with Gasteiger partial charge in [-0.3, -0.25) is 0 Å². The fourth-order valence-corrected chi connectivity index (χ4v) is 2.80. The number of hydrogen-bond acceptors (Lipinski definition) is 3. The summed E-state index contributed by atoms with van der Waals surface area (Å²) in [6.07, 6.45) is 1.16. The molecule has 1 aromatic carbocycles. The normalized spacial score (nSPS) is 20.3. The van der Waals surface area contributed by atoms with Crippen LogP contribution < -0.4 is 10.1 Å². The van der Waals surface area contributed by atoms with E-state index in [1.54, 1.807) is 13.2 Å². The Bertz CT molecular complexity index is 339. The van der Waals surface area contributed by atoms with Gasteiger partial charge in [-0.2, -0.15) is 11.8 Å². The lowest BCUT2D eigenvalue weighted by molar-refractivity contribution is 0.412. The quantitative estimate of drug-likeness (QED) is 0.858. The van der Waals surface area contributed by atoms with Gasteiger partial charge in [0.1, 0.15) is 11.6 Å². The van der Waals surface area contributed by atoms with Crippen molar-refractivity contribution in [1.82, 2.24) is 0 Å². The fraction of sp³-hybridized carbons (Fsp3) is 0.455. The molecular formula is C11H14FNOS. The Morgan fingerprint density at radius 1 is 1.53 bits per heavy atom. The van der Waals surface area contributed by atoms with Crippen molar-refractivity contribution in [3.63, 3.8) is 0 Å². The highest BCUT2D eigenvalue weighted by Gasteiger charge is 2.16. The summed E-state index contributed by atoms with van der Waals surface area (Å²) in [7, 11) is 1.56. The summed E-state index contributed by atoms with van der Waals surface area (Å²) in [6.45, 7) is 0. The van der Waals surface area contributed by atoms with Crippen LogP contribution in [-0.2, 0) is 0 Å². The zero-order chi connectivity index (χ0) is 10.7. The van der Waals surface area contributed by atoms with E-state index < -0.39 is 0 Å². The summed E-state index contributed by atoms with van der Waals surface area (Å²) < 4.78 is 18.1. The largest absolute Gasteiger partial charge is 0.494 e. The SMILES string of the molecule is COc1cc(F)ccc1NC1CCSC1. The van der Waals surface area contributed by atoms with Crippen LogP contribution in [0, 0.1) is 5.82 Å². The molecule has 0 amide bonds. The topological polar surface area (TPSA) is 21.3 Å². The Morgan fingerprint density at radius 2 is 2.40 bits per heavy atom. The number of hydrogen-bond donors (Lipinski definition) is 1. The third kappa shape index (κ3) is 2.56. The molecule has 82 valence electrons. The van der Waals surface area contributed by atoms with Crippen molar-refractivity contribution >= 4 is 17.4 Å². The van der Waals surface area contributed by atoms with Crippen LogP contribution in [0.5, 0.6) is 5.75 Å². The molecule has 4 heteroatoms. The van der Waals surface area contributed by atoms with Crippen molar-refractivity contribution in [2.45, 2.75) is 12.5 Å². The van der Waals surface area contributed by atoms with Crippen molar-refractivity contribution < 1.29 is 9.13 Å². The highest BCUT2D eigenvalue weighted by atomic mass is 32.2. The molecule has 0 bridgehead atoms. The second-order valence-corrected chi connectivity index (χ2v) is 4.70. The van der Waals surface area contributed by atoms with Gasteiger partial charge in [-0.1, -0.05) is 0 Å². The van der Waals surface area contributed by atoms with E-state index in [1.165, 1.54) is 17.9 Å². The number of benzene rings is 1. The van der Waals surface area contributed by atoms with Gasteiger partial charge in [-0.25, -0.2) is 4.39 Å². The van der Waals surface area contributed by atoms with Crippen LogP contribution in [0.3, 0.4) is 0 Å². The molecule has 0 radical (unpaired) electrons. The molecule has 15 heavy (non-hydrogen) atoms. The lowest BCUT2D eigenvalue weighted by Gasteiger charge is -2.15. The predicted octanol–water partition coefficient (Wildman–Crippen LogP) is 2.75. The van der Waals surface area contributed by atoms with Crippen molar-refractivity contribution in [2.24, 2.45) is 0 Å². The van der Waals surface area contributed by atoms with Crippen LogP contribution in [0.1, 0.15) is 6.42 Å². The molecule has 2 rings (SSSR count). The molecule has 0 saturated carbocycles. The number of anilines is 1. The summed E-state index contributed by atoms with van der Waals surface area (Å²) in [4.78, 5) is 0. The third-order valence-corrected chi connectivity index (χ3v) is 3.62.